The number of nitrogens with one attached hydrogen (secondary N) is 3. The van der Waals surface area contributed by atoms with Crippen LogP contribution in [0.1, 0.15) is 40.0 Å². The number of fused-ring (bicyclic) bond motifs is 4. The average Bonchev–Trinajstić information content (AvgIpc) is 3.37. The molecule has 3 heterocycles. The monoisotopic (exact) mass is 451 g/mol. The van der Waals surface area contributed by atoms with Crippen LogP contribution in [0.25, 0.3) is 11.0 Å². The smallest absolute Gasteiger partial charge is 0.338 e. The molecule has 1 amide bonds. The molecule has 9 heteroatoms. The van der Waals surface area contributed by atoms with Gasteiger partial charge in [0.05, 0.1) is 10.9 Å². The molecule has 0 saturated heterocycles. The third-order valence-corrected chi connectivity index (χ3v) is 6.82. The number of carbonyl (C=O) groups is 2. The van der Waals surface area contributed by atoms with Gasteiger partial charge in [0.15, 0.2) is 0 Å². The van der Waals surface area contributed by atoms with Crippen molar-refractivity contribution in [2.24, 2.45) is 5.92 Å². The Morgan fingerprint density at radius 1 is 1.34 bits per heavy atom. The molecular weight excluding hydrogens is 426 g/mol. The van der Waals surface area contributed by atoms with E-state index < -0.39 is 0 Å². The fourth-order valence-electron chi connectivity index (χ4n) is 4.46. The first-order chi connectivity index (χ1) is 15.6. The SMILES string of the molecule is CSCCCNC(=O)C1CCc2[nH]c3ncnc(Nc4ccc5c(c4)C(=O)OC5)c3c2C1. The zero-order valence-corrected chi connectivity index (χ0v) is 18.7. The lowest BCUT2D eigenvalue weighted by molar-refractivity contribution is -0.125. The van der Waals surface area contributed by atoms with Gasteiger partial charge in [-0.1, -0.05) is 6.07 Å². The molecule has 5 rings (SSSR count). The number of carbonyl (C=O) groups excluding carboxylic acids is 2. The van der Waals surface area contributed by atoms with Gasteiger partial charge in [0.25, 0.3) is 0 Å². The molecule has 0 bridgehead atoms. The highest BCUT2D eigenvalue weighted by molar-refractivity contribution is 7.98. The Kier molecular flexibility index (Phi) is 5.73. The van der Waals surface area contributed by atoms with Gasteiger partial charge >= 0.3 is 5.97 Å². The number of amides is 1. The van der Waals surface area contributed by atoms with Crippen molar-refractivity contribution in [2.75, 3.05) is 23.9 Å². The molecule has 0 spiro atoms. The molecule has 3 N–H and O–H groups in total. The number of hydrogen-bond donors (Lipinski definition) is 3. The van der Waals surface area contributed by atoms with Gasteiger partial charge in [0.1, 0.15) is 24.4 Å². The first kappa shape index (κ1) is 20.8. The number of esters is 1. The standard InChI is InChI=1S/C23H25N5O3S/c1-32-8-2-7-24-22(29)13-4-6-18-17(9-13)19-20(25-12-26-21(19)28-18)27-15-5-3-14-11-31-23(30)16(14)10-15/h3,5,10,12-13H,2,4,6-9,11H2,1H3,(H,24,29)(H2,25,26,27,28). The maximum absolute atomic E-state index is 12.7. The van der Waals surface area contributed by atoms with Gasteiger partial charge in [-0.15, -0.1) is 0 Å². The molecular formula is C23H25N5O3S. The second kappa shape index (κ2) is 8.82. The van der Waals surface area contributed by atoms with Gasteiger partial charge in [0, 0.05) is 29.4 Å². The molecule has 32 heavy (non-hydrogen) atoms. The van der Waals surface area contributed by atoms with Gasteiger partial charge in [-0.3, -0.25) is 4.79 Å². The fraction of sp³-hybridized carbons (Fsp3) is 0.391. The van der Waals surface area contributed by atoms with E-state index in [1.807, 2.05) is 12.1 Å². The molecule has 2 aromatic heterocycles. The lowest BCUT2D eigenvalue weighted by atomic mass is 9.86. The number of cyclic esters (lactones) is 1. The van der Waals surface area contributed by atoms with E-state index in [1.165, 1.54) is 6.33 Å². The topological polar surface area (TPSA) is 109 Å². The Balaban J connectivity index is 1.40. The molecule has 1 atom stereocenters. The van der Waals surface area contributed by atoms with Crippen molar-refractivity contribution in [3.05, 3.63) is 46.9 Å². The molecule has 1 unspecified atom stereocenters. The fourth-order valence-corrected chi connectivity index (χ4v) is 4.89. The highest BCUT2D eigenvalue weighted by Gasteiger charge is 2.29. The normalized spacial score (nSPS) is 17.0. The summed E-state index contributed by atoms with van der Waals surface area (Å²) in [6.45, 7) is 1.03. The molecule has 0 saturated carbocycles. The van der Waals surface area contributed by atoms with Crippen molar-refractivity contribution in [2.45, 2.75) is 32.3 Å². The average molecular weight is 452 g/mol. The number of aryl methyl sites for hydroxylation is 1. The number of aromatic nitrogens is 3. The number of nitrogens with zero attached hydrogens (tertiary/aromatic N) is 2. The first-order valence-corrected chi connectivity index (χ1v) is 12.2. The van der Waals surface area contributed by atoms with Crippen LogP contribution in [-0.4, -0.2) is 45.4 Å². The molecule has 166 valence electrons. The van der Waals surface area contributed by atoms with Gasteiger partial charge in [-0.2, -0.15) is 11.8 Å². The third kappa shape index (κ3) is 3.92. The Bertz CT molecular complexity index is 1190. The Morgan fingerprint density at radius 2 is 2.25 bits per heavy atom. The summed E-state index contributed by atoms with van der Waals surface area (Å²) in [4.78, 5) is 36.9. The first-order valence-electron chi connectivity index (χ1n) is 10.8. The van der Waals surface area contributed by atoms with E-state index in [4.69, 9.17) is 4.74 Å². The van der Waals surface area contributed by atoms with Gasteiger partial charge < -0.3 is 20.4 Å². The highest BCUT2D eigenvalue weighted by Crippen LogP contribution is 2.35. The molecule has 0 fully saturated rings. The summed E-state index contributed by atoms with van der Waals surface area (Å²) in [5.41, 5.74) is 5.20. The van der Waals surface area contributed by atoms with Gasteiger partial charge in [-0.05, 0) is 55.4 Å². The van der Waals surface area contributed by atoms with Crippen LogP contribution in [0.4, 0.5) is 11.5 Å². The number of rotatable bonds is 7. The van der Waals surface area contributed by atoms with Gasteiger partial charge in [-0.25, -0.2) is 14.8 Å². The minimum Gasteiger partial charge on any atom is -0.457 e. The molecule has 8 nitrogen and oxygen atoms in total. The van der Waals surface area contributed by atoms with Crippen molar-refractivity contribution in [3.8, 4) is 0 Å². The summed E-state index contributed by atoms with van der Waals surface area (Å²) in [5, 5.41) is 7.34. The maximum atomic E-state index is 12.7. The minimum atomic E-state index is -0.304. The number of aromatic amines is 1. The van der Waals surface area contributed by atoms with Crippen LogP contribution in [0.2, 0.25) is 0 Å². The van der Waals surface area contributed by atoms with Crippen molar-refractivity contribution in [1.82, 2.24) is 20.3 Å². The molecule has 3 aromatic rings. The Labute approximate surface area is 189 Å². The number of benzene rings is 1. The van der Waals surface area contributed by atoms with Crippen LogP contribution in [0, 0.1) is 5.92 Å². The number of ether oxygens (including phenoxy) is 1. The van der Waals surface area contributed by atoms with E-state index >= 15 is 0 Å². The van der Waals surface area contributed by atoms with Crippen molar-refractivity contribution >= 4 is 46.2 Å². The van der Waals surface area contributed by atoms with E-state index in [0.29, 0.717) is 31.0 Å². The zero-order valence-electron chi connectivity index (χ0n) is 17.9. The van der Waals surface area contributed by atoms with E-state index in [-0.39, 0.29) is 17.8 Å². The lowest BCUT2D eigenvalue weighted by Gasteiger charge is -2.22. The Hall–Kier alpha value is -3.07. The summed E-state index contributed by atoms with van der Waals surface area (Å²) >= 11 is 1.79. The summed E-state index contributed by atoms with van der Waals surface area (Å²) in [6, 6.07) is 5.60. The number of hydrogen-bond acceptors (Lipinski definition) is 7. The second-order valence-electron chi connectivity index (χ2n) is 8.18. The van der Waals surface area contributed by atoms with Crippen molar-refractivity contribution < 1.29 is 14.3 Å². The summed E-state index contributed by atoms with van der Waals surface area (Å²) < 4.78 is 5.10. The number of H-pyrrole nitrogens is 1. The van der Waals surface area contributed by atoms with Crippen molar-refractivity contribution in [3.63, 3.8) is 0 Å². The summed E-state index contributed by atoms with van der Waals surface area (Å²) in [7, 11) is 0. The van der Waals surface area contributed by atoms with E-state index in [2.05, 4.69) is 31.8 Å². The molecule has 1 aliphatic carbocycles. The predicted octanol–water partition coefficient (Wildman–Crippen LogP) is 3.35. The largest absolute Gasteiger partial charge is 0.457 e. The van der Waals surface area contributed by atoms with E-state index in [9.17, 15) is 9.59 Å². The van der Waals surface area contributed by atoms with Crippen LogP contribution in [-0.2, 0) is 29.0 Å². The molecule has 1 aliphatic heterocycles. The third-order valence-electron chi connectivity index (χ3n) is 6.12. The molecule has 1 aromatic carbocycles. The lowest BCUT2D eigenvalue weighted by Crippen LogP contribution is -2.34. The zero-order chi connectivity index (χ0) is 22.1. The van der Waals surface area contributed by atoms with E-state index in [1.54, 1.807) is 17.8 Å². The quantitative estimate of drug-likeness (QED) is 0.373. The number of anilines is 2. The Morgan fingerprint density at radius 3 is 3.12 bits per heavy atom. The van der Waals surface area contributed by atoms with Crippen LogP contribution in [0.5, 0.6) is 0 Å². The van der Waals surface area contributed by atoms with Crippen LogP contribution in [0.3, 0.4) is 0 Å². The van der Waals surface area contributed by atoms with Crippen LogP contribution >= 0.6 is 11.8 Å². The molecule has 2 aliphatic rings. The van der Waals surface area contributed by atoms with Gasteiger partial charge in [0.2, 0.25) is 5.91 Å². The predicted molar refractivity (Wildman–Crippen MR) is 124 cm³/mol. The summed E-state index contributed by atoms with van der Waals surface area (Å²) in [5.74, 6) is 1.47. The van der Waals surface area contributed by atoms with Crippen molar-refractivity contribution in [1.29, 1.82) is 0 Å². The summed E-state index contributed by atoms with van der Waals surface area (Å²) in [6.07, 6.45) is 6.85. The maximum Gasteiger partial charge on any atom is 0.338 e. The highest BCUT2D eigenvalue weighted by atomic mass is 32.2. The molecule has 0 radical (unpaired) electrons. The van der Waals surface area contributed by atoms with E-state index in [0.717, 1.165) is 58.6 Å². The van der Waals surface area contributed by atoms with Crippen LogP contribution in [0.15, 0.2) is 24.5 Å². The van der Waals surface area contributed by atoms with Crippen LogP contribution < -0.4 is 10.6 Å². The number of thioether (sulfide) groups is 1. The second-order valence-corrected chi connectivity index (χ2v) is 9.16. The minimum absolute atomic E-state index is 0.0569.